The Hall–Kier alpha value is -3.27. The minimum atomic E-state index is -3.26. The number of carbonyl (C=O) groups is 2. The highest BCUT2D eigenvalue weighted by Crippen LogP contribution is 2.34. The molecule has 2 fully saturated rings. The summed E-state index contributed by atoms with van der Waals surface area (Å²) in [5, 5.41) is 11.4. The topological polar surface area (TPSA) is 132 Å². The number of ketones is 1. The molecular weight excluding hydrogens is 647 g/mol. The molecule has 0 spiro atoms. The number of nitrogens with one attached hydrogen (secondary N) is 1. The highest BCUT2D eigenvalue weighted by molar-refractivity contribution is 7.88. The Morgan fingerprint density at radius 3 is 2.69 bits per heavy atom. The zero-order chi connectivity index (χ0) is 34.1. The number of amidine groups is 1. The van der Waals surface area contributed by atoms with E-state index in [0.717, 1.165) is 42.4 Å². The highest BCUT2D eigenvalue weighted by atomic mass is 32.2. The van der Waals surface area contributed by atoms with Gasteiger partial charge in [-0.05, 0) is 67.7 Å². The first-order valence-corrected chi connectivity index (χ1v) is 20.2. The van der Waals surface area contributed by atoms with Crippen LogP contribution in [0.1, 0.15) is 93.2 Å². The van der Waals surface area contributed by atoms with Crippen LogP contribution in [0, 0.1) is 23.2 Å². The molecule has 0 radical (unpaired) electrons. The molecule has 0 unspecified atom stereocenters. The largest absolute Gasteiger partial charge is 0.455 e. The highest BCUT2D eigenvalue weighted by Gasteiger charge is 2.41. The van der Waals surface area contributed by atoms with Gasteiger partial charge in [0, 0.05) is 43.4 Å². The van der Waals surface area contributed by atoms with Crippen LogP contribution in [0.5, 0.6) is 0 Å². The average molecular weight is 696 g/mol. The van der Waals surface area contributed by atoms with Gasteiger partial charge < -0.3 is 14.5 Å². The molecule has 48 heavy (non-hydrogen) atoms. The second-order valence-electron chi connectivity index (χ2n) is 13.6. The fourth-order valence-corrected chi connectivity index (χ4v) is 8.54. The van der Waals surface area contributed by atoms with Gasteiger partial charge in [0.1, 0.15) is 12.1 Å². The molecule has 260 valence electrons. The van der Waals surface area contributed by atoms with E-state index in [1.807, 2.05) is 52.4 Å². The predicted octanol–water partition coefficient (Wildman–Crippen LogP) is 5.46. The van der Waals surface area contributed by atoms with Gasteiger partial charge in [0.2, 0.25) is 15.9 Å². The Morgan fingerprint density at radius 1 is 1.15 bits per heavy atom. The monoisotopic (exact) mass is 695 g/mol. The van der Waals surface area contributed by atoms with Crippen LogP contribution >= 0.6 is 11.3 Å². The van der Waals surface area contributed by atoms with Gasteiger partial charge in [-0.15, -0.1) is 11.3 Å². The molecule has 3 heterocycles. The maximum absolute atomic E-state index is 14.5. The number of Topliss-reactive ketones (excluding diaryl/α,β-unsaturated/α-hetero) is 1. The first-order valence-electron chi connectivity index (χ1n) is 17.4. The van der Waals surface area contributed by atoms with Crippen LogP contribution in [0.3, 0.4) is 0 Å². The van der Waals surface area contributed by atoms with Gasteiger partial charge in [0.15, 0.2) is 5.78 Å². The number of hydrogen-bond acceptors (Lipinski definition) is 9. The molecule has 1 aromatic heterocycles. The number of sulfonamides is 1. The van der Waals surface area contributed by atoms with E-state index in [0.29, 0.717) is 69.4 Å². The molecule has 1 aromatic carbocycles. The van der Waals surface area contributed by atoms with Crippen molar-refractivity contribution in [1.29, 1.82) is 5.26 Å². The minimum Gasteiger partial charge on any atom is -0.455 e. The summed E-state index contributed by atoms with van der Waals surface area (Å²) in [5.74, 6) is 0.373. The zero-order valence-corrected chi connectivity index (χ0v) is 29.8. The molecule has 5 rings (SSSR count). The van der Waals surface area contributed by atoms with Crippen LogP contribution in [-0.2, 0) is 30.8 Å². The van der Waals surface area contributed by atoms with E-state index >= 15 is 0 Å². The number of piperazine rings is 1. The van der Waals surface area contributed by atoms with Gasteiger partial charge in [-0.1, -0.05) is 56.7 Å². The number of unbranched alkanes of at least 4 members (excludes halogenated alkanes) is 1. The maximum atomic E-state index is 14.5. The number of nitriles is 1. The van der Waals surface area contributed by atoms with Gasteiger partial charge in [-0.3, -0.25) is 9.59 Å². The Balaban J connectivity index is 1.31. The van der Waals surface area contributed by atoms with E-state index in [1.54, 1.807) is 17.4 Å². The summed E-state index contributed by atoms with van der Waals surface area (Å²) in [5.41, 5.74) is 1.45. The number of rotatable bonds is 14. The van der Waals surface area contributed by atoms with Crippen LogP contribution in [0.4, 0.5) is 0 Å². The summed E-state index contributed by atoms with van der Waals surface area (Å²) < 4.78 is 32.1. The number of hydrogen-bond donors (Lipinski definition) is 1. The summed E-state index contributed by atoms with van der Waals surface area (Å²) in [4.78, 5) is 38.3. The van der Waals surface area contributed by atoms with Crippen LogP contribution in [0.2, 0.25) is 0 Å². The lowest BCUT2D eigenvalue weighted by Crippen LogP contribution is -2.60. The van der Waals surface area contributed by atoms with E-state index in [-0.39, 0.29) is 29.8 Å². The number of carbonyl (C=O) groups excluding carboxylic acids is 2. The third-order valence-electron chi connectivity index (χ3n) is 9.87. The lowest BCUT2D eigenvalue weighted by molar-refractivity contribution is -0.146. The van der Waals surface area contributed by atoms with E-state index in [4.69, 9.17) is 9.73 Å². The molecule has 2 aromatic rings. The lowest BCUT2D eigenvalue weighted by Gasteiger charge is -2.42. The van der Waals surface area contributed by atoms with Gasteiger partial charge >= 0.3 is 0 Å². The van der Waals surface area contributed by atoms with Crippen molar-refractivity contribution in [2.24, 2.45) is 16.8 Å². The van der Waals surface area contributed by atoms with Crippen molar-refractivity contribution in [3.8, 4) is 6.07 Å². The Morgan fingerprint density at radius 2 is 1.96 bits per heavy atom. The SMILES string of the molecule is C[C@@H]1N=C(N2CCN(C(=O)[C@@H](CCCCNS(C)(=O)=O)CC3CCCCC3)[C@H](C(=O)CCc3cccs3)C2)O[C@H]1c1cccc(C#N)c1. The zero-order valence-electron chi connectivity index (χ0n) is 28.2. The average Bonchev–Trinajstić information content (AvgIpc) is 3.76. The third-order valence-corrected chi connectivity index (χ3v) is 11.5. The quantitative estimate of drug-likeness (QED) is 0.260. The lowest BCUT2D eigenvalue weighted by atomic mass is 9.80. The number of ether oxygens (including phenoxy) is 1. The van der Waals surface area contributed by atoms with E-state index < -0.39 is 16.1 Å². The van der Waals surface area contributed by atoms with Crippen molar-refractivity contribution in [3.05, 3.63) is 57.8 Å². The van der Waals surface area contributed by atoms with Crippen molar-refractivity contribution in [1.82, 2.24) is 14.5 Å². The Bertz CT molecular complexity index is 1560. The molecule has 1 N–H and O–H groups in total. The molecular formula is C36H49N5O5S2. The summed E-state index contributed by atoms with van der Waals surface area (Å²) in [7, 11) is -3.26. The molecule has 4 atom stereocenters. The van der Waals surface area contributed by atoms with Crippen LogP contribution in [-0.4, -0.2) is 80.4 Å². The van der Waals surface area contributed by atoms with Crippen LogP contribution in [0.25, 0.3) is 0 Å². The van der Waals surface area contributed by atoms with Crippen LogP contribution in [0.15, 0.2) is 46.8 Å². The van der Waals surface area contributed by atoms with Crippen LogP contribution < -0.4 is 4.72 Å². The second kappa shape index (κ2) is 16.9. The first kappa shape index (κ1) is 36.0. The Kier molecular flexibility index (Phi) is 12.7. The first-order chi connectivity index (χ1) is 23.1. The van der Waals surface area contributed by atoms with Gasteiger partial charge in [0.05, 0.1) is 23.9 Å². The van der Waals surface area contributed by atoms with E-state index in [2.05, 4.69) is 10.8 Å². The summed E-state index contributed by atoms with van der Waals surface area (Å²) >= 11 is 1.63. The summed E-state index contributed by atoms with van der Waals surface area (Å²) in [6.07, 6.45) is 10.6. The van der Waals surface area contributed by atoms with E-state index in [1.165, 1.54) is 19.3 Å². The molecule has 2 aliphatic heterocycles. The van der Waals surface area contributed by atoms with Crippen molar-refractivity contribution in [2.45, 2.75) is 95.7 Å². The molecule has 1 saturated heterocycles. The van der Waals surface area contributed by atoms with Crippen molar-refractivity contribution in [3.63, 3.8) is 0 Å². The van der Waals surface area contributed by atoms with Crippen molar-refractivity contribution >= 4 is 39.1 Å². The number of aliphatic imine (C=N–C) groups is 1. The predicted molar refractivity (Wildman–Crippen MR) is 188 cm³/mol. The number of aryl methyl sites for hydroxylation is 1. The number of thiophene rings is 1. The van der Waals surface area contributed by atoms with Crippen molar-refractivity contribution < 1.29 is 22.7 Å². The fraction of sp³-hybridized carbons (Fsp3) is 0.611. The van der Waals surface area contributed by atoms with Gasteiger partial charge in [0.25, 0.3) is 6.02 Å². The maximum Gasteiger partial charge on any atom is 0.288 e. The molecule has 10 nitrogen and oxygen atoms in total. The third kappa shape index (κ3) is 9.89. The number of benzene rings is 1. The normalized spacial score (nSPS) is 22.5. The summed E-state index contributed by atoms with van der Waals surface area (Å²) in [6.45, 7) is 3.57. The Labute approximate surface area is 289 Å². The van der Waals surface area contributed by atoms with E-state index in [9.17, 15) is 23.3 Å². The summed E-state index contributed by atoms with van der Waals surface area (Å²) in [6, 6.07) is 13.3. The minimum absolute atomic E-state index is 0.0413. The molecule has 1 amide bonds. The van der Waals surface area contributed by atoms with Crippen molar-refractivity contribution in [2.75, 3.05) is 32.4 Å². The molecule has 12 heteroatoms. The number of amides is 1. The molecule has 1 saturated carbocycles. The number of nitrogens with zero attached hydrogens (tertiary/aromatic N) is 4. The smallest absolute Gasteiger partial charge is 0.288 e. The molecule has 1 aliphatic carbocycles. The second-order valence-corrected chi connectivity index (χ2v) is 16.4. The van der Waals surface area contributed by atoms with Gasteiger partial charge in [-0.2, -0.15) is 5.26 Å². The van der Waals surface area contributed by atoms with Gasteiger partial charge in [-0.25, -0.2) is 18.1 Å². The standard InChI is InChI=1S/C36H49N5O5S2/c1-26-34(29-14-8-12-28(23-29)24-37)46-36(39-26)40-19-20-41(32(25-40)33(42)17-16-31-15-9-21-47-31)35(43)30(22-27-10-4-3-5-11-27)13-6-7-18-38-48(2,44)45/h8-9,12,14-15,21,23,26-27,30,32,34,38H,3-7,10-11,13,16-20,22,25H2,1-2H3/t26-,30-,32-,34+/m0/s1. The molecule has 3 aliphatic rings. The molecule has 0 bridgehead atoms. The fourth-order valence-electron chi connectivity index (χ4n) is 7.31.